The Labute approximate surface area is 165 Å². The molecule has 2 aromatic heterocycles. The molecule has 0 bridgehead atoms. The average molecular weight is 375 g/mol. The number of ether oxygens (including phenoxy) is 1. The van der Waals surface area contributed by atoms with Crippen molar-refractivity contribution in [2.24, 2.45) is 0 Å². The molecule has 1 saturated heterocycles. The second-order valence-electron chi connectivity index (χ2n) is 7.15. The molecule has 144 valence electrons. The molecule has 28 heavy (non-hydrogen) atoms. The van der Waals surface area contributed by atoms with Gasteiger partial charge in [0.1, 0.15) is 5.75 Å². The molecule has 1 unspecified atom stereocenters. The van der Waals surface area contributed by atoms with Crippen molar-refractivity contribution in [1.29, 1.82) is 0 Å². The lowest BCUT2D eigenvalue weighted by Crippen LogP contribution is -2.34. The Bertz CT molecular complexity index is 914. The molecule has 0 radical (unpaired) electrons. The van der Waals surface area contributed by atoms with Gasteiger partial charge in [0.2, 0.25) is 5.95 Å². The summed E-state index contributed by atoms with van der Waals surface area (Å²) in [6, 6.07) is 14.1. The number of anilines is 1. The molecule has 1 aromatic carbocycles. The van der Waals surface area contributed by atoms with Crippen molar-refractivity contribution in [2.75, 3.05) is 25.9 Å². The van der Waals surface area contributed by atoms with Gasteiger partial charge in [-0.1, -0.05) is 18.2 Å². The van der Waals surface area contributed by atoms with Crippen LogP contribution in [0.3, 0.4) is 0 Å². The van der Waals surface area contributed by atoms with Gasteiger partial charge in [-0.25, -0.2) is 9.97 Å². The Morgan fingerprint density at radius 2 is 2.00 bits per heavy atom. The largest absolute Gasteiger partial charge is 0.497 e. The minimum atomic E-state index is 0.319. The summed E-state index contributed by atoms with van der Waals surface area (Å²) in [6.07, 6.45) is 5.92. The van der Waals surface area contributed by atoms with E-state index in [0.29, 0.717) is 11.9 Å². The summed E-state index contributed by atoms with van der Waals surface area (Å²) in [4.78, 5) is 15.8. The topological polar surface area (TPSA) is 77.2 Å². The highest BCUT2D eigenvalue weighted by molar-refractivity contribution is 5.67. The zero-order valence-electron chi connectivity index (χ0n) is 16.1. The SMILES string of the molecule is COc1ccc(-c2cnc(N)nc2C2CCCN(Cc3ccccn3)C2)cc1. The van der Waals surface area contributed by atoms with Crippen molar-refractivity contribution in [3.05, 3.63) is 66.2 Å². The second-order valence-corrected chi connectivity index (χ2v) is 7.15. The van der Waals surface area contributed by atoms with Crippen molar-refractivity contribution >= 4 is 5.95 Å². The summed E-state index contributed by atoms with van der Waals surface area (Å²) in [5, 5.41) is 0. The number of nitrogens with two attached hydrogens (primary N) is 1. The third-order valence-electron chi connectivity index (χ3n) is 5.24. The number of hydrogen-bond acceptors (Lipinski definition) is 6. The smallest absolute Gasteiger partial charge is 0.220 e. The third kappa shape index (κ3) is 4.12. The lowest BCUT2D eigenvalue weighted by Gasteiger charge is -2.33. The van der Waals surface area contributed by atoms with Crippen molar-refractivity contribution < 1.29 is 4.74 Å². The number of hydrogen-bond donors (Lipinski definition) is 1. The fraction of sp³-hybridized carbons (Fsp3) is 0.318. The first-order valence-corrected chi connectivity index (χ1v) is 9.62. The van der Waals surface area contributed by atoms with E-state index < -0.39 is 0 Å². The Balaban J connectivity index is 1.59. The fourth-order valence-electron chi connectivity index (χ4n) is 3.86. The van der Waals surface area contributed by atoms with E-state index in [9.17, 15) is 0 Å². The summed E-state index contributed by atoms with van der Waals surface area (Å²) in [5.41, 5.74) is 10.2. The van der Waals surface area contributed by atoms with Gasteiger partial charge in [0.15, 0.2) is 0 Å². The van der Waals surface area contributed by atoms with E-state index in [2.05, 4.69) is 25.9 Å². The first-order chi connectivity index (χ1) is 13.7. The molecule has 0 spiro atoms. The van der Waals surface area contributed by atoms with Crippen molar-refractivity contribution in [3.8, 4) is 16.9 Å². The third-order valence-corrected chi connectivity index (χ3v) is 5.24. The Morgan fingerprint density at radius 3 is 2.75 bits per heavy atom. The summed E-state index contributed by atoms with van der Waals surface area (Å²) < 4.78 is 5.28. The van der Waals surface area contributed by atoms with Crippen LogP contribution in [-0.2, 0) is 6.54 Å². The maximum absolute atomic E-state index is 5.95. The first-order valence-electron chi connectivity index (χ1n) is 9.62. The summed E-state index contributed by atoms with van der Waals surface area (Å²) in [7, 11) is 1.67. The maximum Gasteiger partial charge on any atom is 0.220 e. The number of benzene rings is 1. The van der Waals surface area contributed by atoms with Crippen LogP contribution in [-0.4, -0.2) is 40.1 Å². The second kappa shape index (κ2) is 8.35. The highest BCUT2D eigenvalue weighted by Crippen LogP contribution is 2.34. The predicted molar refractivity (Wildman–Crippen MR) is 110 cm³/mol. The first kappa shape index (κ1) is 18.4. The van der Waals surface area contributed by atoms with E-state index in [1.54, 1.807) is 7.11 Å². The van der Waals surface area contributed by atoms with E-state index in [0.717, 1.165) is 60.7 Å². The van der Waals surface area contributed by atoms with Gasteiger partial charge < -0.3 is 10.5 Å². The van der Waals surface area contributed by atoms with Crippen LogP contribution in [0.1, 0.15) is 30.1 Å². The summed E-state index contributed by atoms with van der Waals surface area (Å²) in [6.45, 7) is 2.87. The van der Waals surface area contributed by atoms with Gasteiger partial charge in [0, 0.05) is 37.0 Å². The molecule has 1 aliphatic rings. The highest BCUT2D eigenvalue weighted by atomic mass is 16.5. The standard InChI is InChI=1S/C22H25N5O/c1-28-19-9-7-16(8-10-19)20-13-25-22(23)26-21(20)17-5-4-12-27(14-17)15-18-6-2-3-11-24-18/h2-3,6-11,13,17H,4-5,12,14-15H2,1H3,(H2,23,25,26). The molecule has 2 N–H and O–H groups in total. The Hall–Kier alpha value is -2.99. The van der Waals surface area contributed by atoms with Crippen LogP contribution in [0.25, 0.3) is 11.1 Å². The van der Waals surface area contributed by atoms with Crippen molar-refractivity contribution in [2.45, 2.75) is 25.3 Å². The van der Waals surface area contributed by atoms with Gasteiger partial charge in [0.25, 0.3) is 0 Å². The van der Waals surface area contributed by atoms with Gasteiger partial charge in [0.05, 0.1) is 18.5 Å². The van der Waals surface area contributed by atoms with Gasteiger partial charge >= 0.3 is 0 Å². The van der Waals surface area contributed by atoms with Crippen LogP contribution in [0.2, 0.25) is 0 Å². The number of piperidine rings is 1. The van der Waals surface area contributed by atoms with Crippen LogP contribution >= 0.6 is 0 Å². The van der Waals surface area contributed by atoms with Crippen LogP contribution < -0.4 is 10.5 Å². The lowest BCUT2D eigenvalue weighted by molar-refractivity contribution is 0.196. The van der Waals surface area contributed by atoms with Gasteiger partial charge in [-0.3, -0.25) is 9.88 Å². The molecule has 6 heteroatoms. The molecule has 0 saturated carbocycles. The summed E-state index contributed by atoms with van der Waals surface area (Å²) >= 11 is 0. The number of methoxy groups -OCH3 is 1. The molecule has 6 nitrogen and oxygen atoms in total. The summed E-state index contributed by atoms with van der Waals surface area (Å²) in [5.74, 6) is 1.48. The predicted octanol–water partition coefficient (Wildman–Crippen LogP) is 3.51. The average Bonchev–Trinajstić information content (AvgIpc) is 2.75. The van der Waals surface area contributed by atoms with Gasteiger partial charge in [-0.05, 0) is 49.2 Å². The van der Waals surface area contributed by atoms with E-state index in [1.165, 1.54) is 0 Å². The Kier molecular flexibility index (Phi) is 5.48. The van der Waals surface area contributed by atoms with Gasteiger partial charge in [-0.2, -0.15) is 0 Å². The van der Waals surface area contributed by atoms with E-state index >= 15 is 0 Å². The molecule has 1 fully saturated rings. The minimum Gasteiger partial charge on any atom is -0.497 e. The zero-order chi connectivity index (χ0) is 19.3. The van der Waals surface area contributed by atoms with Crippen LogP contribution in [0.15, 0.2) is 54.9 Å². The maximum atomic E-state index is 5.95. The zero-order valence-corrected chi connectivity index (χ0v) is 16.1. The number of nitrogens with zero attached hydrogens (tertiary/aromatic N) is 4. The van der Waals surface area contributed by atoms with Gasteiger partial charge in [-0.15, -0.1) is 0 Å². The normalized spacial score (nSPS) is 17.4. The molecule has 0 aliphatic carbocycles. The number of aromatic nitrogens is 3. The molecule has 1 aliphatic heterocycles. The van der Waals surface area contributed by atoms with Crippen LogP contribution in [0.5, 0.6) is 5.75 Å². The number of pyridine rings is 1. The minimum absolute atomic E-state index is 0.319. The van der Waals surface area contributed by atoms with E-state index in [1.807, 2.05) is 48.8 Å². The fourth-order valence-corrected chi connectivity index (χ4v) is 3.86. The van der Waals surface area contributed by atoms with E-state index in [4.69, 9.17) is 10.5 Å². The molecule has 3 heterocycles. The van der Waals surface area contributed by atoms with Crippen LogP contribution in [0.4, 0.5) is 5.95 Å². The number of rotatable bonds is 5. The number of likely N-dealkylation sites (tertiary alicyclic amines) is 1. The van der Waals surface area contributed by atoms with Crippen molar-refractivity contribution in [1.82, 2.24) is 19.9 Å². The lowest BCUT2D eigenvalue weighted by atomic mass is 9.90. The van der Waals surface area contributed by atoms with Crippen molar-refractivity contribution in [3.63, 3.8) is 0 Å². The Morgan fingerprint density at radius 1 is 1.14 bits per heavy atom. The molecule has 4 rings (SSSR count). The monoisotopic (exact) mass is 375 g/mol. The molecular formula is C22H25N5O. The highest BCUT2D eigenvalue weighted by Gasteiger charge is 2.25. The molecule has 3 aromatic rings. The van der Waals surface area contributed by atoms with E-state index in [-0.39, 0.29) is 0 Å². The number of nitrogen functional groups attached to an aromatic ring is 1. The quantitative estimate of drug-likeness (QED) is 0.735. The molecular weight excluding hydrogens is 350 g/mol. The van der Waals surface area contributed by atoms with Crippen LogP contribution in [0, 0.1) is 0 Å². The molecule has 0 amide bonds. The molecule has 1 atom stereocenters.